The van der Waals surface area contributed by atoms with Crippen molar-refractivity contribution in [1.29, 1.82) is 0 Å². The summed E-state index contributed by atoms with van der Waals surface area (Å²) in [5, 5.41) is 0. The molecule has 1 aromatic rings. The monoisotopic (exact) mass is 250 g/mol. The van der Waals surface area contributed by atoms with E-state index in [1.807, 2.05) is 0 Å². The van der Waals surface area contributed by atoms with Crippen molar-refractivity contribution in [3.63, 3.8) is 0 Å². The number of aromatic nitrogens is 2. The lowest BCUT2D eigenvalue weighted by Crippen LogP contribution is -2.35. The van der Waals surface area contributed by atoms with E-state index < -0.39 is 5.92 Å². The minimum Gasteiger partial charge on any atom is -0.465 e. The Morgan fingerprint density at radius 2 is 2.39 bits per heavy atom. The van der Waals surface area contributed by atoms with Gasteiger partial charge < -0.3 is 9.72 Å². The third kappa shape index (κ3) is 2.78. The second-order valence-electron chi connectivity index (χ2n) is 4.60. The molecule has 1 saturated carbocycles. The van der Waals surface area contributed by atoms with Gasteiger partial charge in [0.25, 0.3) is 0 Å². The molecule has 0 aliphatic heterocycles. The van der Waals surface area contributed by atoms with Crippen molar-refractivity contribution >= 4 is 11.8 Å². The van der Waals surface area contributed by atoms with Gasteiger partial charge in [0.05, 0.1) is 18.6 Å². The molecule has 2 atom stereocenters. The van der Waals surface area contributed by atoms with Crippen LogP contribution in [0.15, 0.2) is 12.5 Å². The first-order valence-corrected chi connectivity index (χ1v) is 6.40. The molecule has 0 aromatic carbocycles. The van der Waals surface area contributed by atoms with Crippen LogP contribution in [0.4, 0.5) is 0 Å². The molecule has 0 radical (unpaired) electrons. The number of ether oxygens (including phenoxy) is 1. The molecule has 1 aliphatic carbocycles. The SMILES string of the molecule is CCOC(=O)C1CCCC(Cc2c[nH]cn2)C1=O. The van der Waals surface area contributed by atoms with Gasteiger partial charge in [-0.15, -0.1) is 0 Å². The molecule has 0 saturated heterocycles. The molecule has 0 spiro atoms. The molecule has 1 heterocycles. The lowest BCUT2D eigenvalue weighted by molar-refractivity contribution is -0.154. The maximum atomic E-state index is 12.2. The van der Waals surface area contributed by atoms with Gasteiger partial charge in [-0.3, -0.25) is 9.59 Å². The average Bonchev–Trinajstić information content (AvgIpc) is 2.85. The number of nitrogens with zero attached hydrogens (tertiary/aromatic N) is 1. The van der Waals surface area contributed by atoms with E-state index in [2.05, 4.69) is 9.97 Å². The van der Waals surface area contributed by atoms with Crippen LogP contribution in [-0.2, 0) is 20.7 Å². The van der Waals surface area contributed by atoms with E-state index in [1.54, 1.807) is 19.4 Å². The first-order chi connectivity index (χ1) is 8.72. The number of hydrogen-bond acceptors (Lipinski definition) is 4. The Hall–Kier alpha value is -1.65. The summed E-state index contributed by atoms with van der Waals surface area (Å²) in [5.41, 5.74) is 0.873. The lowest BCUT2D eigenvalue weighted by Gasteiger charge is -2.25. The highest BCUT2D eigenvalue weighted by atomic mass is 16.5. The Balaban J connectivity index is 2.00. The Bertz CT molecular complexity index is 414. The number of carbonyl (C=O) groups excluding carboxylic acids is 2. The fraction of sp³-hybridized carbons (Fsp3) is 0.615. The van der Waals surface area contributed by atoms with E-state index in [0.717, 1.165) is 18.5 Å². The minimum absolute atomic E-state index is 0.0164. The number of aromatic amines is 1. The van der Waals surface area contributed by atoms with Crippen molar-refractivity contribution in [3.8, 4) is 0 Å². The second-order valence-corrected chi connectivity index (χ2v) is 4.60. The van der Waals surface area contributed by atoms with Gasteiger partial charge in [-0.2, -0.15) is 0 Å². The molecule has 1 fully saturated rings. The maximum absolute atomic E-state index is 12.2. The molecule has 5 nitrogen and oxygen atoms in total. The average molecular weight is 250 g/mol. The summed E-state index contributed by atoms with van der Waals surface area (Å²) in [5.74, 6) is -1.02. The number of nitrogens with one attached hydrogen (secondary N) is 1. The number of esters is 1. The molecular weight excluding hydrogens is 232 g/mol. The number of H-pyrrole nitrogens is 1. The summed E-state index contributed by atoms with van der Waals surface area (Å²) in [6.07, 6.45) is 6.35. The first-order valence-electron chi connectivity index (χ1n) is 6.40. The van der Waals surface area contributed by atoms with Crippen LogP contribution in [0.3, 0.4) is 0 Å². The van der Waals surface area contributed by atoms with Gasteiger partial charge in [0.2, 0.25) is 0 Å². The normalized spacial score (nSPS) is 23.9. The zero-order chi connectivity index (χ0) is 13.0. The van der Waals surface area contributed by atoms with Crippen molar-refractivity contribution < 1.29 is 14.3 Å². The molecule has 0 amide bonds. The van der Waals surface area contributed by atoms with Gasteiger partial charge in [-0.25, -0.2) is 4.98 Å². The number of Topliss-reactive ketones (excluding diaryl/α,β-unsaturated/α-hetero) is 1. The molecule has 2 rings (SSSR count). The van der Waals surface area contributed by atoms with Crippen molar-refractivity contribution in [1.82, 2.24) is 9.97 Å². The highest BCUT2D eigenvalue weighted by Gasteiger charge is 2.36. The van der Waals surface area contributed by atoms with Crippen LogP contribution in [0.5, 0.6) is 0 Å². The molecule has 1 aromatic heterocycles. The predicted molar refractivity (Wildman–Crippen MR) is 64.8 cm³/mol. The first kappa shape index (κ1) is 12.8. The summed E-state index contributed by atoms with van der Waals surface area (Å²) >= 11 is 0. The maximum Gasteiger partial charge on any atom is 0.316 e. The summed E-state index contributed by atoms with van der Waals surface area (Å²) in [7, 11) is 0. The van der Waals surface area contributed by atoms with Crippen LogP contribution in [-0.4, -0.2) is 28.3 Å². The third-order valence-electron chi connectivity index (χ3n) is 3.37. The van der Waals surface area contributed by atoms with E-state index in [0.29, 0.717) is 19.4 Å². The van der Waals surface area contributed by atoms with Crippen molar-refractivity contribution in [2.24, 2.45) is 11.8 Å². The van der Waals surface area contributed by atoms with Crippen molar-refractivity contribution in [2.75, 3.05) is 6.61 Å². The largest absolute Gasteiger partial charge is 0.465 e. The Kier molecular flexibility index (Phi) is 4.12. The van der Waals surface area contributed by atoms with Gasteiger partial charge >= 0.3 is 5.97 Å². The van der Waals surface area contributed by atoms with E-state index >= 15 is 0 Å². The standard InChI is InChI=1S/C13H18N2O3/c1-2-18-13(17)11-5-3-4-9(12(11)16)6-10-7-14-8-15-10/h7-9,11H,2-6H2,1H3,(H,14,15). The fourth-order valence-electron chi connectivity index (χ4n) is 2.47. The number of hydrogen-bond donors (Lipinski definition) is 1. The summed E-state index contributed by atoms with van der Waals surface area (Å²) in [4.78, 5) is 30.9. The quantitative estimate of drug-likeness (QED) is 0.649. The van der Waals surface area contributed by atoms with Gasteiger partial charge in [0, 0.05) is 18.5 Å². The van der Waals surface area contributed by atoms with Crippen LogP contribution in [0.25, 0.3) is 0 Å². The Labute approximate surface area is 106 Å². The highest BCUT2D eigenvalue weighted by Crippen LogP contribution is 2.28. The van der Waals surface area contributed by atoms with Crippen LogP contribution in [0.2, 0.25) is 0 Å². The number of carbonyl (C=O) groups is 2. The smallest absolute Gasteiger partial charge is 0.316 e. The zero-order valence-corrected chi connectivity index (χ0v) is 10.5. The van der Waals surface area contributed by atoms with Crippen LogP contribution >= 0.6 is 0 Å². The fourth-order valence-corrected chi connectivity index (χ4v) is 2.47. The van der Waals surface area contributed by atoms with Crippen LogP contribution < -0.4 is 0 Å². The Morgan fingerprint density at radius 1 is 1.56 bits per heavy atom. The van der Waals surface area contributed by atoms with E-state index in [1.165, 1.54) is 0 Å². The second kappa shape index (κ2) is 5.80. The van der Waals surface area contributed by atoms with Crippen molar-refractivity contribution in [2.45, 2.75) is 32.6 Å². The molecular formula is C13H18N2O3. The highest BCUT2D eigenvalue weighted by molar-refractivity contribution is 6.00. The molecule has 98 valence electrons. The molecule has 0 bridgehead atoms. The zero-order valence-electron chi connectivity index (χ0n) is 10.5. The number of imidazole rings is 1. The predicted octanol–water partition coefficient (Wildman–Crippen LogP) is 1.50. The third-order valence-corrected chi connectivity index (χ3v) is 3.37. The van der Waals surface area contributed by atoms with Crippen molar-refractivity contribution in [3.05, 3.63) is 18.2 Å². The van der Waals surface area contributed by atoms with Gasteiger partial charge in [-0.1, -0.05) is 6.42 Å². The van der Waals surface area contributed by atoms with Crippen LogP contribution in [0.1, 0.15) is 31.9 Å². The molecule has 2 unspecified atom stereocenters. The topological polar surface area (TPSA) is 72.1 Å². The van der Waals surface area contributed by atoms with E-state index in [9.17, 15) is 9.59 Å². The molecule has 1 aliphatic rings. The van der Waals surface area contributed by atoms with Crippen LogP contribution in [0, 0.1) is 11.8 Å². The van der Waals surface area contributed by atoms with Gasteiger partial charge in [-0.05, 0) is 19.8 Å². The number of ketones is 1. The molecule has 18 heavy (non-hydrogen) atoms. The summed E-state index contributed by atoms with van der Waals surface area (Å²) < 4.78 is 4.95. The number of rotatable bonds is 4. The summed E-state index contributed by atoms with van der Waals surface area (Å²) in [6.45, 7) is 2.08. The van der Waals surface area contributed by atoms with Gasteiger partial charge in [0.1, 0.15) is 5.92 Å². The van der Waals surface area contributed by atoms with Gasteiger partial charge in [0.15, 0.2) is 5.78 Å². The minimum atomic E-state index is -0.567. The lowest BCUT2D eigenvalue weighted by atomic mass is 9.78. The molecule has 1 N–H and O–H groups in total. The van der Waals surface area contributed by atoms with E-state index in [-0.39, 0.29) is 17.7 Å². The summed E-state index contributed by atoms with van der Waals surface area (Å²) in [6, 6.07) is 0. The molecule has 5 heteroatoms. The van der Waals surface area contributed by atoms with E-state index in [4.69, 9.17) is 4.74 Å². The Morgan fingerprint density at radius 3 is 3.06 bits per heavy atom.